The molecule has 0 aliphatic heterocycles. The zero-order valence-electron chi connectivity index (χ0n) is 7.54. The van der Waals surface area contributed by atoms with Crippen molar-refractivity contribution in [3.63, 3.8) is 0 Å². The van der Waals surface area contributed by atoms with Crippen LogP contribution in [-0.2, 0) is 9.84 Å². The minimum Gasteiger partial charge on any atom is -0.325 e. The third-order valence-corrected chi connectivity index (χ3v) is 4.25. The van der Waals surface area contributed by atoms with Crippen molar-refractivity contribution in [2.75, 3.05) is 11.5 Å². The van der Waals surface area contributed by atoms with Crippen LogP contribution in [0.15, 0.2) is 0 Å². The summed E-state index contributed by atoms with van der Waals surface area (Å²) in [7, 11) is -2.77. The molecule has 0 aromatic rings. The van der Waals surface area contributed by atoms with E-state index in [-0.39, 0.29) is 11.3 Å². The predicted molar refractivity (Wildman–Crippen MR) is 49.7 cm³/mol. The van der Waals surface area contributed by atoms with Crippen molar-refractivity contribution in [2.24, 2.45) is 5.73 Å². The summed E-state index contributed by atoms with van der Waals surface area (Å²) in [5.74, 6) is 0.563. The quantitative estimate of drug-likeness (QED) is 0.695. The first-order valence-corrected chi connectivity index (χ1v) is 6.29. The standard InChI is InChI=1S/C8H17NO2S/c1-2-12(10,11)7-3-4-8(9)5-6-8/h2-7,9H2,1H3. The summed E-state index contributed by atoms with van der Waals surface area (Å²) in [5, 5.41) is 0. The van der Waals surface area contributed by atoms with E-state index in [4.69, 9.17) is 5.73 Å². The number of rotatable bonds is 5. The van der Waals surface area contributed by atoms with Gasteiger partial charge < -0.3 is 5.73 Å². The lowest BCUT2D eigenvalue weighted by molar-refractivity contribution is 0.572. The molecule has 0 heterocycles. The number of sulfone groups is 1. The van der Waals surface area contributed by atoms with Gasteiger partial charge in [-0.15, -0.1) is 0 Å². The van der Waals surface area contributed by atoms with Crippen LogP contribution in [-0.4, -0.2) is 25.5 Å². The van der Waals surface area contributed by atoms with Crippen LogP contribution in [0.2, 0.25) is 0 Å². The number of hydrogen-bond donors (Lipinski definition) is 1. The van der Waals surface area contributed by atoms with Crippen molar-refractivity contribution in [3.8, 4) is 0 Å². The van der Waals surface area contributed by atoms with Crippen molar-refractivity contribution < 1.29 is 8.42 Å². The van der Waals surface area contributed by atoms with Crippen molar-refractivity contribution in [3.05, 3.63) is 0 Å². The summed E-state index contributed by atoms with van der Waals surface area (Å²) in [6.07, 6.45) is 3.73. The maximum absolute atomic E-state index is 11.1. The Hall–Kier alpha value is -0.0900. The van der Waals surface area contributed by atoms with Gasteiger partial charge in [0, 0.05) is 11.3 Å². The summed E-state index contributed by atoms with van der Waals surface area (Å²) >= 11 is 0. The second-order valence-corrected chi connectivity index (χ2v) is 6.18. The predicted octanol–water partition coefficient (Wildman–Crippen LogP) is 0.693. The van der Waals surface area contributed by atoms with E-state index >= 15 is 0 Å². The van der Waals surface area contributed by atoms with Crippen LogP contribution < -0.4 is 5.73 Å². The van der Waals surface area contributed by atoms with Gasteiger partial charge >= 0.3 is 0 Å². The smallest absolute Gasteiger partial charge is 0.150 e. The van der Waals surface area contributed by atoms with Gasteiger partial charge in [0.05, 0.1) is 5.75 Å². The first-order chi connectivity index (χ1) is 5.47. The van der Waals surface area contributed by atoms with E-state index in [2.05, 4.69) is 0 Å². The lowest BCUT2D eigenvalue weighted by atomic mass is 10.1. The van der Waals surface area contributed by atoms with E-state index in [1.54, 1.807) is 6.92 Å². The van der Waals surface area contributed by atoms with Crippen LogP contribution in [0.4, 0.5) is 0 Å². The summed E-state index contributed by atoms with van der Waals surface area (Å²) in [6, 6.07) is 0. The lowest BCUT2D eigenvalue weighted by Crippen LogP contribution is -2.22. The van der Waals surface area contributed by atoms with E-state index in [0.29, 0.717) is 5.75 Å². The molecular weight excluding hydrogens is 174 g/mol. The van der Waals surface area contributed by atoms with Gasteiger partial charge in [-0.1, -0.05) is 6.92 Å². The molecule has 1 aliphatic rings. The molecule has 0 unspecified atom stereocenters. The summed E-state index contributed by atoms with van der Waals surface area (Å²) < 4.78 is 22.1. The zero-order valence-corrected chi connectivity index (χ0v) is 8.36. The molecule has 0 aromatic heterocycles. The molecule has 1 saturated carbocycles. The average molecular weight is 191 g/mol. The topological polar surface area (TPSA) is 60.2 Å². The largest absolute Gasteiger partial charge is 0.325 e. The Morgan fingerprint density at radius 1 is 1.42 bits per heavy atom. The van der Waals surface area contributed by atoms with Crippen LogP contribution in [0.5, 0.6) is 0 Å². The molecular formula is C8H17NO2S. The molecule has 0 atom stereocenters. The zero-order chi connectivity index (χ0) is 9.24. The van der Waals surface area contributed by atoms with Gasteiger partial charge in [-0.25, -0.2) is 8.42 Å². The molecule has 0 radical (unpaired) electrons. The molecule has 0 aromatic carbocycles. The second-order valence-electron chi connectivity index (χ2n) is 3.70. The Kier molecular flexibility index (Phi) is 2.78. The number of nitrogens with two attached hydrogens (primary N) is 1. The van der Waals surface area contributed by atoms with E-state index in [9.17, 15) is 8.42 Å². The molecule has 0 amide bonds. The molecule has 0 spiro atoms. The van der Waals surface area contributed by atoms with E-state index in [0.717, 1.165) is 25.7 Å². The molecule has 0 saturated heterocycles. The summed E-state index contributed by atoms with van der Waals surface area (Å²) in [6.45, 7) is 1.69. The molecule has 3 nitrogen and oxygen atoms in total. The molecule has 1 rings (SSSR count). The Morgan fingerprint density at radius 3 is 2.42 bits per heavy atom. The third kappa shape index (κ3) is 3.11. The Bertz CT molecular complexity index is 242. The van der Waals surface area contributed by atoms with Gasteiger partial charge in [-0.3, -0.25) is 0 Å². The van der Waals surface area contributed by atoms with Gasteiger partial charge in [-0.2, -0.15) is 0 Å². The third-order valence-electron chi connectivity index (χ3n) is 2.46. The maximum atomic E-state index is 11.1. The lowest BCUT2D eigenvalue weighted by Gasteiger charge is -2.06. The Balaban J connectivity index is 2.18. The van der Waals surface area contributed by atoms with Gasteiger partial charge in [0.1, 0.15) is 9.84 Å². The Morgan fingerprint density at radius 2 is 2.00 bits per heavy atom. The normalized spacial score (nSPS) is 20.8. The summed E-state index contributed by atoms with van der Waals surface area (Å²) in [5.41, 5.74) is 5.83. The van der Waals surface area contributed by atoms with Crippen molar-refractivity contribution >= 4 is 9.84 Å². The molecule has 0 bridgehead atoms. The molecule has 2 N–H and O–H groups in total. The Labute approximate surface area is 74.3 Å². The molecule has 1 aliphatic carbocycles. The average Bonchev–Trinajstić information content (AvgIpc) is 2.68. The maximum Gasteiger partial charge on any atom is 0.150 e. The van der Waals surface area contributed by atoms with Crippen molar-refractivity contribution in [2.45, 2.75) is 38.1 Å². The van der Waals surface area contributed by atoms with Crippen molar-refractivity contribution in [1.82, 2.24) is 0 Å². The van der Waals surface area contributed by atoms with E-state index < -0.39 is 9.84 Å². The fourth-order valence-electron chi connectivity index (χ4n) is 1.20. The van der Waals surface area contributed by atoms with Crippen LogP contribution in [0, 0.1) is 0 Å². The van der Waals surface area contributed by atoms with E-state index in [1.807, 2.05) is 0 Å². The van der Waals surface area contributed by atoms with E-state index in [1.165, 1.54) is 0 Å². The van der Waals surface area contributed by atoms with Crippen molar-refractivity contribution in [1.29, 1.82) is 0 Å². The van der Waals surface area contributed by atoms with Crippen LogP contribution in [0.3, 0.4) is 0 Å². The van der Waals surface area contributed by atoms with Gasteiger partial charge in [0.2, 0.25) is 0 Å². The molecule has 72 valence electrons. The second kappa shape index (κ2) is 3.34. The molecule has 4 heteroatoms. The fourth-order valence-corrected chi connectivity index (χ4v) is 2.07. The highest BCUT2D eigenvalue weighted by atomic mass is 32.2. The van der Waals surface area contributed by atoms with Crippen LogP contribution >= 0.6 is 0 Å². The first kappa shape index (κ1) is 9.99. The minimum atomic E-state index is -2.77. The highest BCUT2D eigenvalue weighted by molar-refractivity contribution is 7.91. The highest BCUT2D eigenvalue weighted by Gasteiger charge is 2.37. The fraction of sp³-hybridized carbons (Fsp3) is 1.00. The van der Waals surface area contributed by atoms with Gasteiger partial charge in [-0.05, 0) is 25.7 Å². The number of hydrogen-bond acceptors (Lipinski definition) is 3. The highest BCUT2D eigenvalue weighted by Crippen LogP contribution is 2.36. The molecule has 1 fully saturated rings. The SMILES string of the molecule is CCS(=O)(=O)CCCC1(N)CC1. The monoisotopic (exact) mass is 191 g/mol. The first-order valence-electron chi connectivity index (χ1n) is 4.47. The van der Waals surface area contributed by atoms with Gasteiger partial charge in [0.25, 0.3) is 0 Å². The van der Waals surface area contributed by atoms with Gasteiger partial charge in [0.15, 0.2) is 0 Å². The summed E-state index contributed by atoms with van der Waals surface area (Å²) in [4.78, 5) is 0. The van der Waals surface area contributed by atoms with Crippen LogP contribution in [0.25, 0.3) is 0 Å². The molecule has 12 heavy (non-hydrogen) atoms. The van der Waals surface area contributed by atoms with Crippen LogP contribution in [0.1, 0.15) is 32.6 Å². The minimum absolute atomic E-state index is 0.00324.